The number of carbonyl (C=O) groups is 1. The van der Waals surface area contributed by atoms with E-state index in [-0.39, 0.29) is 11.8 Å². The maximum absolute atomic E-state index is 12.9. The highest BCUT2D eigenvalue weighted by Gasteiger charge is 2.07. The summed E-state index contributed by atoms with van der Waals surface area (Å²) >= 11 is 0. The van der Waals surface area contributed by atoms with Gasteiger partial charge in [-0.3, -0.25) is 0 Å². The Kier molecular flexibility index (Phi) is 5.52. The van der Waals surface area contributed by atoms with Crippen LogP contribution in [0.2, 0.25) is 0 Å². The summed E-state index contributed by atoms with van der Waals surface area (Å²) in [6.07, 6.45) is 2.12. The largest absolute Gasteiger partial charge is 0.444 e. The first kappa shape index (κ1) is 16.0. The summed E-state index contributed by atoms with van der Waals surface area (Å²) in [5.41, 5.74) is 1.46. The van der Waals surface area contributed by atoms with Crippen LogP contribution in [-0.4, -0.2) is 24.1 Å². The molecule has 0 aliphatic rings. The van der Waals surface area contributed by atoms with Gasteiger partial charge in [0, 0.05) is 25.1 Å². The molecule has 0 radical (unpaired) electrons. The molecule has 0 atom stereocenters. The number of amides is 2. The van der Waals surface area contributed by atoms with Crippen LogP contribution in [0.15, 0.2) is 34.9 Å². The molecule has 0 fully saturated rings. The monoisotopic (exact) mass is 305 g/mol. The van der Waals surface area contributed by atoms with Gasteiger partial charge in [-0.2, -0.15) is 0 Å². The molecule has 0 bridgehead atoms. The molecule has 1 aromatic heterocycles. The molecule has 5 nitrogen and oxygen atoms in total. The van der Waals surface area contributed by atoms with Crippen molar-refractivity contribution in [2.24, 2.45) is 5.92 Å². The lowest BCUT2D eigenvalue weighted by Gasteiger charge is -2.08. The quantitative estimate of drug-likeness (QED) is 0.862. The van der Waals surface area contributed by atoms with Crippen LogP contribution in [0, 0.1) is 11.7 Å². The summed E-state index contributed by atoms with van der Waals surface area (Å²) in [4.78, 5) is 15.8. The third-order valence-corrected chi connectivity index (χ3v) is 2.98. The van der Waals surface area contributed by atoms with E-state index >= 15 is 0 Å². The average molecular weight is 305 g/mol. The molecule has 1 aromatic carbocycles. The van der Waals surface area contributed by atoms with E-state index in [9.17, 15) is 9.18 Å². The van der Waals surface area contributed by atoms with E-state index in [2.05, 4.69) is 15.6 Å². The second-order valence-electron chi connectivity index (χ2n) is 5.43. The van der Waals surface area contributed by atoms with Crippen LogP contribution in [0.25, 0.3) is 11.5 Å². The Balaban J connectivity index is 1.80. The highest BCUT2D eigenvalue weighted by molar-refractivity contribution is 5.73. The van der Waals surface area contributed by atoms with Gasteiger partial charge in [0.1, 0.15) is 12.1 Å². The van der Waals surface area contributed by atoms with Crippen molar-refractivity contribution in [3.8, 4) is 11.5 Å². The number of nitrogens with one attached hydrogen (secondary N) is 2. The topological polar surface area (TPSA) is 67.2 Å². The number of hydrogen-bond acceptors (Lipinski definition) is 3. The number of benzene rings is 1. The Hall–Kier alpha value is -2.37. The lowest BCUT2D eigenvalue weighted by Crippen LogP contribution is -2.38. The van der Waals surface area contributed by atoms with Crippen molar-refractivity contribution < 1.29 is 13.6 Å². The van der Waals surface area contributed by atoms with Gasteiger partial charge in [0.2, 0.25) is 5.89 Å². The number of rotatable bonds is 6. The van der Waals surface area contributed by atoms with E-state index in [1.54, 1.807) is 18.4 Å². The van der Waals surface area contributed by atoms with Crippen LogP contribution in [0.1, 0.15) is 19.5 Å². The van der Waals surface area contributed by atoms with Crippen molar-refractivity contribution in [3.05, 3.63) is 42.0 Å². The number of oxazole rings is 1. The summed E-state index contributed by atoms with van der Waals surface area (Å²) in [6.45, 7) is 5.18. The minimum absolute atomic E-state index is 0.184. The molecule has 22 heavy (non-hydrogen) atoms. The molecule has 0 spiro atoms. The van der Waals surface area contributed by atoms with Crippen molar-refractivity contribution in [1.29, 1.82) is 0 Å². The third-order valence-electron chi connectivity index (χ3n) is 2.98. The highest BCUT2D eigenvalue weighted by atomic mass is 19.1. The molecule has 2 N–H and O–H groups in total. The van der Waals surface area contributed by atoms with Crippen molar-refractivity contribution in [2.45, 2.75) is 20.3 Å². The molecule has 0 saturated heterocycles. The lowest BCUT2D eigenvalue weighted by molar-refractivity contribution is 0.239. The standard InChI is InChI=1S/C16H20FN3O2/c1-11(2)9-19-16(21)18-8-7-14-10-22-15(20-14)12-3-5-13(17)6-4-12/h3-6,10-11H,7-9H2,1-2H3,(H2,18,19,21). The first-order chi connectivity index (χ1) is 10.5. The minimum Gasteiger partial charge on any atom is -0.444 e. The van der Waals surface area contributed by atoms with Crippen LogP contribution in [0.5, 0.6) is 0 Å². The fraction of sp³-hybridized carbons (Fsp3) is 0.375. The molecule has 0 aliphatic carbocycles. The summed E-state index contributed by atoms with van der Waals surface area (Å²) in [5, 5.41) is 5.54. The molecule has 0 saturated carbocycles. The number of aromatic nitrogens is 1. The van der Waals surface area contributed by atoms with E-state index in [1.807, 2.05) is 13.8 Å². The molecule has 0 unspecified atom stereocenters. The zero-order valence-electron chi connectivity index (χ0n) is 12.7. The number of urea groups is 1. The van der Waals surface area contributed by atoms with E-state index in [1.165, 1.54) is 12.1 Å². The Morgan fingerprint density at radius 1 is 1.27 bits per heavy atom. The smallest absolute Gasteiger partial charge is 0.314 e. The van der Waals surface area contributed by atoms with Crippen molar-refractivity contribution >= 4 is 6.03 Å². The second kappa shape index (κ2) is 7.59. The van der Waals surface area contributed by atoms with Crippen LogP contribution in [-0.2, 0) is 6.42 Å². The first-order valence-electron chi connectivity index (χ1n) is 7.26. The van der Waals surface area contributed by atoms with Gasteiger partial charge in [-0.15, -0.1) is 0 Å². The van der Waals surface area contributed by atoms with Gasteiger partial charge in [0.15, 0.2) is 0 Å². The Labute approximate surface area is 128 Å². The van der Waals surface area contributed by atoms with Crippen LogP contribution < -0.4 is 10.6 Å². The SMILES string of the molecule is CC(C)CNC(=O)NCCc1coc(-c2ccc(F)cc2)n1. The number of carbonyl (C=O) groups excluding carboxylic acids is 1. The molecular formula is C16H20FN3O2. The Morgan fingerprint density at radius 3 is 2.68 bits per heavy atom. The maximum Gasteiger partial charge on any atom is 0.314 e. The van der Waals surface area contributed by atoms with E-state index in [0.29, 0.717) is 31.3 Å². The van der Waals surface area contributed by atoms with E-state index in [4.69, 9.17) is 4.42 Å². The molecule has 2 rings (SSSR count). The van der Waals surface area contributed by atoms with Gasteiger partial charge >= 0.3 is 6.03 Å². The fourth-order valence-corrected chi connectivity index (χ4v) is 1.81. The van der Waals surface area contributed by atoms with Gasteiger partial charge in [0.05, 0.1) is 5.69 Å². The summed E-state index contributed by atoms with van der Waals surface area (Å²) < 4.78 is 18.2. The van der Waals surface area contributed by atoms with Crippen molar-refractivity contribution in [3.63, 3.8) is 0 Å². The van der Waals surface area contributed by atoms with E-state index in [0.717, 1.165) is 11.3 Å². The Bertz CT molecular complexity index is 608. The molecule has 2 amide bonds. The summed E-state index contributed by atoms with van der Waals surface area (Å²) in [5.74, 6) is 0.561. The van der Waals surface area contributed by atoms with Crippen molar-refractivity contribution in [1.82, 2.24) is 15.6 Å². The zero-order valence-corrected chi connectivity index (χ0v) is 12.7. The molecule has 6 heteroatoms. The predicted molar refractivity (Wildman–Crippen MR) is 81.8 cm³/mol. The average Bonchev–Trinajstić information content (AvgIpc) is 2.95. The van der Waals surface area contributed by atoms with Gasteiger partial charge in [-0.05, 0) is 30.2 Å². The van der Waals surface area contributed by atoms with Gasteiger partial charge in [-0.1, -0.05) is 13.8 Å². The van der Waals surface area contributed by atoms with Crippen LogP contribution in [0.4, 0.5) is 9.18 Å². The minimum atomic E-state index is -0.299. The lowest BCUT2D eigenvalue weighted by atomic mass is 10.2. The van der Waals surface area contributed by atoms with Gasteiger partial charge in [-0.25, -0.2) is 14.2 Å². The van der Waals surface area contributed by atoms with Gasteiger partial charge < -0.3 is 15.1 Å². The van der Waals surface area contributed by atoms with E-state index < -0.39 is 0 Å². The van der Waals surface area contributed by atoms with Gasteiger partial charge in [0.25, 0.3) is 0 Å². The first-order valence-corrected chi connectivity index (χ1v) is 7.26. The highest BCUT2D eigenvalue weighted by Crippen LogP contribution is 2.18. The number of halogens is 1. The summed E-state index contributed by atoms with van der Waals surface area (Å²) in [7, 11) is 0. The zero-order chi connectivity index (χ0) is 15.9. The Morgan fingerprint density at radius 2 is 2.00 bits per heavy atom. The molecular weight excluding hydrogens is 285 g/mol. The maximum atomic E-state index is 12.9. The van der Waals surface area contributed by atoms with Crippen LogP contribution in [0.3, 0.4) is 0 Å². The molecule has 0 aliphatic heterocycles. The predicted octanol–water partition coefficient (Wildman–Crippen LogP) is 2.98. The molecule has 118 valence electrons. The van der Waals surface area contributed by atoms with Crippen molar-refractivity contribution in [2.75, 3.05) is 13.1 Å². The van der Waals surface area contributed by atoms with Crippen LogP contribution >= 0.6 is 0 Å². The number of nitrogens with zero attached hydrogens (tertiary/aromatic N) is 1. The molecule has 1 heterocycles. The molecule has 2 aromatic rings. The fourth-order valence-electron chi connectivity index (χ4n) is 1.81. The summed E-state index contributed by atoms with van der Waals surface area (Å²) in [6, 6.07) is 5.76. The normalized spacial score (nSPS) is 10.7. The number of hydrogen-bond donors (Lipinski definition) is 2. The third kappa shape index (κ3) is 4.87. The second-order valence-corrected chi connectivity index (χ2v) is 5.43.